The lowest BCUT2D eigenvalue weighted by atomic mass is 9.89. The second-order valence-electron chi connectivity index (χ2n) is 4.56. The molecule has 0 spiro atoms. The first kappa shape index (κ1) is 12.9. The zero-order chi connectivity index (χ0) is 14.1. The number of hydrogen-bond acceptors (Lipinski definition) is 4. The molecule has 0 radical (unpaired) electrons. The summed E-state index contributed by atoms with van der Waals surface area (Å²) in [5.74, 6) is -0.0733. The van der Waals surface area contributed by atoms with Crippen LogP contribution in [0.25, 0.3) is 0 Å². The molecule has 1 aliphatic heterocycles. The summed E-state index contributed by atoms with van der Waals surface area (Å²) in [5.41, 5.74) is 1.26. The highest BCUT2D eigenvalue weighted by Crippen LogP contribution is 2.28. The van der Waals surface area contributed by atoms with E-state index in [1.165, 1.54) is 11.8 Å². The van der Waals surface area contributed by atoms with Gasteiger partial charge in [0.05, 0.1) is 11.5 Å². The lowest BCUT2D eigenvalue weighted by molar-refractivity contribution is -0.117. The second kappa shape index (κ2) is 5.13. The number of anilines is 1. The fourth-order valence-electron chi connectivity index (χ4n) is 2.32. The van der Waals surface area contributed by atoms with Crippen LogP contribution in [-0.2, 0) is 11.2 Å². The first-order valence-electron chi connectivity index (χ1n) is 6.22. The van der Waals surface area contributed by atoms with Crippen LogP contribution in [0.4, 0.5) is 5.82 Å². The summed E-state index contributed by atoms with van der Waals surface area (Å²) < 4.78 is 0. The maximum atomic E-state index is 12.2. The third kappa shape index (κ3) is 2.22. The van der Waals surface area contributed by atoms with Crippen molar-refractivity contribution in [1.82, 2.24) is 9.97 Å². The van der Waals surface area contributed by atoms with Crippen LogP contribution in [0.5, 0.6) is 0 Å². The molecule has 0 saturated carbocycles. The number of rotatable bonds is 2. The van der Waals surface area contributed by atoms with Crippen molar-refractivity contribution in [2.75, 3.05) is 11.6 Å². The quantitative estimate of drug-likeness (QED) is 0.652. The number of aromatic amines is 1. The topological polar surface area (TPSA) is 74.8 Å². The van der Waals surface area contributed by atoms with Crippen LogP contribution in [0, 0.1) is 0 Å². The van der Waals surface area contributed by atoms with Crippen molar-refractivity contribution in [2.45, 2.75) is 17.5 Å². The van der Waals surface area contributed by atoms with Crippen molar-refractivity contribution >= 4 is 23.5 Å². The molecule has 3 rings (SSSR count). The number of carbonyl (C=O) groups is 1. The average molecular weight is 287 g/mol. The summed E-state index contributed by atoms with van der Waals surface area (Å²) in [5, 5.41) is 3.25. The number of H-pyrrole nitrogens is 1. The maximum Gasteiger partial charge on any atom is 0.256 e. The van der Waals surface area contributed by atoms with E-state index in [0.717, 1.165) is 5.56 Å². The molecule has 1 atom stereocenters. The van der Waals surface area contributed by atoms with Gasteiger partial charge in [-0.3, -0.25) is 9.59 Å². The van der Waals surface area contributed by atoms with E-state index >= 15 is 0 Å². The fraction of sp³-hybridized carbons (Fsp3) is 0.214. The lowest BCUT2D eigenvalue weighted by Gasteiger charge is -2.23. The Morgan fingerprint density at radius 3 is 2.70 bits per heavy atom. The SMILES string of the molecule is CSc1nc2c(c(=O)[nH]1)CC(c1ccccc1)C(=O)N2. The van der Waals surface area contributed by atoms with Crippen LogP contribution < -0.4 is 10.9 Å². The molecule has 0 bridgehead atoms. The zero-order valence-electron chi connectivity index (χ0n) is 10.8. The average Bonchev–Trinajstić information content (AvgIpc) is 2.47. The molecule has 1 aromatic heterocycles. The Bertz CT molecular complexity index is 712. The molecular weight excluding hydrogens is 274 g/mol. The van der Waals surface area contributed by atoms with Crippen molar-refractivity contribution in [3.63, 3.8) is 0 Å². The first-order valence-corrected chi connectivity index (χ1v) is 7.44. The molecule has 2 aromatic rings. The van der Waals surface area contributed by atoms with Crippen LogP contribution in [0.1, 0.15) is 17.0 Å². The van der Waals surface area contributed by atoms with Gasteiger partial charge >= 0.3 is 0 Å². The van der Waals surface area contributed by atoms with Crippen LogP contribution in [0.3, 0.4) is 0 Å². The largest absolute Gasteiger partial charge is 0.310 e. The van der Waals surface area contributed by atoms with Crippen molar-refractivity contribution in [3.05, 3.63) is 51.8 Å². The normalized spacial score (nSPS) is 17.4. The zero-order valence-corrected chi connectivity index (χ0v) is 11.7. The highest BCUT2D eigenvalue weighted by Gasteiger charge is 2.30. The lowest BCUT2D eigenvalue weighted by Crippen LogP contribution is -2.33. The number of nitrogens with zero attached hydrogens (tertiary/aromatic N) is 1. The smallest absolute Gasteiger partial charge is 0.256 e. The van der Waals surface area contributed by atoms with Gasteiger partial charge in [-0.25, -0.2) is 4.98 Å². The van der Waals surface area contributed by atoms with Gasteiger partial charge in [-0.2, -0.15) is 0 Å². The van der Waals surface area contributed by atoms with Crippen LogP contribution >= 0.6 is 11.8 Å². The number of fused-ring (bicyclic) bond motifs is 1. The van der Waals surface area contributed by atoms with Crippen molar-refractivity contribution < 1.29 is 4.79 Å². The van der Waals surface area contributed by atoms with Crippen molar-refractivity contribution in [1.29, 1.82) is 0 Å². The molecule has 6 heteroatoms. The molecule has 0 aliphatic carbocycles. The summed E-state index contributed by atoms with van der Waals surface area (Å²) in [6, 6.07) is 9.46. The molecule has 2 heterocycles. The molecule has 2 N–H and O–H groups in total. The third-order valence-corrected chi connectivity index (χ3v) is 3.94. The predicted molar refractivity (Wildman–Crippen MR) is 78.2 cm³/mol. The van der Waals surface area contributed by atoms with Gasteiger partial charge in [-0.15, -0.1) is 0 Å². The number of carbonyl (C=O) groups excluding carboxylic acids is 1. The molecule has 1 aliphatic rings. The second-order valence-corrected chi connectivity index (χ2v) is 5.35. The summed E-state index contributed by atoms with van der Waals surface area (Å²) in [6.45, 7) is 0. The van der Waals surface area contributed by atoms with Gasteiger partial charge in [-0.1, -0.05) is 42.1 Å². The molecule has 20 heavy (non-hydrogen) atoms. The molecule has 1 aromatic carbocycles. The fourth-order valence-corrected chi connectivity index (χ4v) is 2.70. The number of benzene rings is 1. The number of hydrogen-bond donors (Lipinski definition) is 2. The van der Waals surface area contributed by atoms with E-state index in [9.17, 15) is 9.59 Å². The first-order chi connectivity index (χ1) is 9.69. The molecule has 1 amide bonds. The van der Waals surface area contributed by atoms with Gasteiger partial charge < -0.3 is 10.3 Å². The van der Waals surface area contributed by atoms with E-state index < -0.39 is 0 Å². The minimum atomic E-state index is -0.341. The van der Waals surface area contributed by atoms with Gasteiger partial charge in [0.2, 0.25) is 5.91 Å². The van der Waals surface area contributed by atoms with Crippen molar-refractivity contribution in [2.24, 2.45) is 0 Å². The minimum absolute atomic E-state index is 0.117. The van der Waals surface area contributed by atoms with E-state index in [4.69, 9.17) is 0 Å². The van der Waals surface area contributed by atoms with E-state index in [2.05, 4.69) is 15.3 Å². The molecule has 5 nitrogen and oxygen atoms in total. The van der Waals surface area contributed by atoms with Crippen molar-refractivity contribution in [3.8, 4) is 0 Å². The highest BCUT2D eigenvalue weighted by molar-refractivity contribution is 7.98. The van der Waals surface area contributed by atoms with E-state index in [1.807, 2.05) is 36.6 Å². The minimum Gasteiger partial charge on any atom is -0.310 e. The maximum absolute atomic E-state index is 12.2. The number of amides is 1. The number of thioether (sulfide) groups is 1. The van der Waals surface area contributed by atoms with Gasteiger partial charge in [0.1, 0.15) is 5.82 Å². The molecule has 102 valence electrons. The molecule has 1 unspecified atom stereocenters. The highest BCUT2D eigenvalue weighted by atomic mass is 32.2. The predicted octanol–water partition coefficient (Wildman–Crippen LogP) is 1.77. The Hall–Kier alpha value is -2.08. The van der Waals surface area contributed by atoms with E-state index in [-0.39, 0.29) is 17.4 Å². The van der Waals surface area contributed by atoms with Crippen LogP contribution in [0.15, 0.2) is 40.3 Å². The number of aromatic nitrogens is 2. The molecule has 0 fully saturated rings. The number of nitrogens with one attached hydrogen (secondary N) is 2. The Balaban J connectivity index is 2.03. The summed E-state index contributed by atoms with van der Waals surface area (Å²) in [7, 11) is 0. The van der Waals surface area contributed by atoms with Gasteiger partial charge in [-0.05, 0) is 18.2 Å². The summed E-state index contributed by atoms with van der Waals surface area (Å²) >= 11 is 1.34. The van der Waals surface area contributed by atoms with Crippen LogP contribution in [0.2, 0.25) is 0 Å². The Labute approximate surface area is 119 Å². The molecular formula is C14H13N3O2S. The van der Waals surface area contributed by atoms with E-state index in [1.54, 1.807) is 0 Å². The van der Waals surface area contributed by atoms with Crippen LogP contribution in [-0.4, -0.2) is 22.1 Å². The summed E-state index contributed by atoms with van der Waals surface area (Å²) in [6.07, 6.45) is 2.20. The monoisotopic (exact) mass is 287 g/mol. The Morgan fingerprint density at radius 1 is 1.25 bits per heavy atom. The van der Waals surface area contributed by atoms with Gasteiger partial charge in [0.25, 0.3) is 5.56 Å². The van der Waals surface area contributed by atoms with Gasteiger partial charge in [0.15, 0.2) is 5.16 Å². The van der Waals surface area contributed by atoms with E-state index in [0.29, 0.717) is 23.0 Å². The third-order valence-electron chi connectivity index (χ3n) is 3.36. The standard InChI is InChI=1S/C14H13N3O2S/c1-20-14-16-11-10(13(19)17-14)7-9(12(18)15-11)8-5-3-2-4-6-8/h2-6,9H,7H2,1H3,(H2,15,16,17,18,19). The summed E-state index contributed by atoms with van der Waals surface area (Å²) in [4.78, 5) is 31.2. The molecule has 0 saturated heterocycles. The Morgan fingerprint density at radius 2 is 2.00 bits per heavy atom. The van der Waals surface area contributed by atoms with Gasteiger partial charge in [0, 0.05) is 0 Å². The Kier molecular flexibility index (Phi) is 3.31.